The Hall–Kier alpha value is -1.60. The molecule has 4 rings (SSSR count). The molecular weight excluding hydrogens is 333 g/mol. The molecule has 136 valence electrons. The summed E-state index contributed by atoms with van der Waals surface area (Å²) < 4.78 is 51.7. The van der Waals surface area contributed by atoms with E-state index in [1.807, 2.05) is 13.8 Å². The summed E-state index contributed by atoms with van der Waals surface area (Å²) in [5, 5.41) is 0. The Morgan fingerprint density at radius 2 is 2.08 bits per heavy atom. The average Bonchev–Trinajstić information content (AvgIpc) is 3.21. The highest BCUT2D eigenvalue weighted by molar-refractivity contribution is 5.78. The van der Waals surface area contributed by atoms with Crippen LogP contribution in [0.4, 0.5) is 13.2 Å². The zero-order valence-electron chi connectivity index (χ0n) is 14.3. The van der Waals surface area contributed by atoms with Gasteiger partial charge in [-0.3, -0.25) is 4.90 Å². The molecule has 1 saturated heterocycles. The number of fused-ring (bicyclic) bond motifs is 2. The molecule has 0 spiro atoms. The van der Waals surface area contributed by atoms with Crippen molar-refractivity contribution in [2.45, 2.75) is 63.9 Å². The summed E-state index contributed by atoms with van der Waals surface area (Å²) in [7, 11) is 0. The van der Waals surface area contributed by atoms with Crippen LogP contribution in [-0.4, -0.2) is 28.8 Å². The highest BCUT2D eigenvalue weighted by atomic mass is 19.4. The normalized spacial score (nSPS) is 24.6. The fraction of sp³-hybridized carbons (Fsp3) is 0.611. The molecule has 1 unspecified atom stereocenters. The zero-order valence-corrected chi connectivity index (χ0v) is 14.3. The predicted molar refractivity (Wildman–Crippen MR) is 86.0 cm³/mol. The smallest absolute Gasteiger partial charge is 0.420 e. The highest BCUT2D eigenvalue weighted by Crippen LogP contribution is 2.38. The van der Waals surface area contributed by atoms with Crippen LogP contribution in [0.2, 0.25) is 0 Å². The molecule has 1 aromatic carbocycles. The molecule has 2 atom stereocenters. The molecule has 0 N–H and O–H groups in total. The van der Waals surface area contributed by atoms with Gasteiger partial charge in [0.2, 0.25) is 0 Å². The van der Waals surface area contributed by atoms with Crippen molar-refractivity contribution in [3.63, 3.8) is 0 Å². The fourth-order valence-electron chi connectivity index (χ4n) is 3.86. The quantitative estimate of drug-likeness (QED) is 0.802. The van der Waals surface area contributed by atoms with E-state index in [1.54, 1.807) is 6.07 Å². The average molecular weight is 354 g/mol. The molecule has 0 bridgehead atoms. The van der Waals surface area contributed by atoms with E-state index in [0.29, 0.717) is 30.8 Å². The van der Waals surface area contributed by atoms with Gasteiger partial charge in [0.15, 0.2) is 11.5 Å². The SMILES string of the molecule is CC(C)c1nc2cc(CN3CO[C@@H]4CCCC43)cc(C(F)(F)F)c2o1. The van der Waals surface area contributed by atoms with Crippen molar-refractivity contribution in [1.82, 2.24) is 9.88 Å². The van der Waals surface area contributed by atoms with Crippen LogP contribution in [0.3, 0.4) is 0 Å². The molecule has 2 aromatic rings. The molecule has 1 aliphatic carbocycles. The lowest BCUT2D eigenvalue weighted by atomic mass is 10.1. The van der Waals surface area contributed by atoms with Crippen LogP contribution < -0.4 is 0 Å². The molecule has 25 heavy (non-hydrogen) atoms. The second-order valence-electron chi connectivity index (χ2n) is 7.28. The molecule has 2 fully saturated rings. The summed E-state index contributed by atoms with van der Waals surface area (Å²) >= 11 is 0. The number of oxazole rings is 1. The third-order valence-corrected chi connectivity index (χ3v) is 5.09. The van der Waals surface area contributed by atoms with Gasteiger partial charge in [-0.1, -0.05) is 13.8 Å². The molecule has 7 heteroatoms. The van der Waals surface area contributed by atoms with Crippen LogP contribution in [0.25, 0.3) is 11.1 Å². The lowest BCUT2D eigenvalue weighted by Gasteiger charge is -2.21. The van der Waals surface area contributed by atoms with E-state index in [1.165, 1.54) is 6.07 Å². The molecule has 0 amide bonds. The Bertz CT molecular complexity index is 784. The van der Waals surface area contributed by atoms with Crippen molar-refractivity contribution in [2.24, 2.45) is 0 Å². The van der Waals surface area contributed by atoms with Crippen molar-refractivity contribution < 1.29 is 22.3 Å². The van der Waals surface area contributed by atoms with E-state index >= 15 is 0 Å². The molecule has 1 aliphatic heterocycles. The lowest BCUT2D eigenvalue weighted by molar-refractivity contribution is -0.136. The van der Waals surface area contributed by atoms with Crippen molar-refractivity contribution in [2.75, 3.05) is 6.73 Å². The van der Waals surface area contributed by atoms with Gasteiger partial charge in [0, 0.05) is 18.5 Å². The second kappa shape index (κ2) is 5.99. The summed E-state index contributed by atoms with van der Waals surface area (Å²) in [6.07, 6.45) is -1.06. The molecule has 4 nitrogen and oxygen atoms in total. The Morgan fingerprint density at radius 3 is 2.80 bits per heavy atom. The van der Waals surface area contributed by atoms with Gasteiger partial charge < -0.3 is 9.15 Å². The minimum absolute atomic E-state index is 0.0665. The topological polar surface area (TPSA) is 38.5 Å². The van der Waals surface area contributed by atoms with Crippen molar-refractivity contribution in [1.29, 1.82) is 0 Å². The van der Waals surface area contributed by atoms with Gasteiger partial charge in [-0.15, -0.1) is 0 Å². The van der Waals surface area contributed by atoms with Gasteiger partial charge in [0.05, 0.1) is 6.10 Å². The zero-order chi connectivity index (χ0) is 17.8. The minimum Gasteiger partial charge on any atom is -0.440 e. The Labute approximate surface area is 143 Å². The molecular formula is C18H21F3N2O2. The van der Waals surface area contributed by atoms with E-state index in [4.69, 9.17) is 9.15 Å². The Kier molecular flexibility index (Phi) is 4.03. The van der Waals surface area contributed by atoms with Gasteiger partial charge in [-0.05, 0) is 37.0 Å². The highest BCUT2D eigenvalue weighted by Gasteiger charge is 2.39. The van der Waals surface area contributed by atoms with Crippen LogP contribution in [0.1, 0.15) is 56.0 Å². The lowest BCUT2D eigenvalue weighted by Crippen LogP contribution is -2.31. The van der Waals surface area contributed by atoms with Gasteiger partial charge >= 0.3 is 6.18 Å². The van der Waals surface area contributed by atoms with Crippen molar-refractivity contribution >= 4 is 11.1 Å². The van der Waals surface area contributed by atoms with Gasteiger partial charge in [-0.2, -0.15) is 13.2 Å². The number of nitrogens with zero attached hydrogens (tertiary/aromatic N) is 2. The number of halogens is 3. The van der Waals surface area contributed by atoms with Gasteiger partial charge in [-0.25, -0.2) is 4.98 Å². The van der Waals surface area contributed by atoms with Crippen LogP contribution in [0.15, 0.2) is 16.5 Å². The molecule has 1 saturated carbocycles. The van der Waals surface area contributed by atoms with E-state index in [0.717, 1.165) is 19.3 Å². The number of benzene rings is 1. The van der Waals surface area contributed by atoms with E-state index < -0.39 is 11.7 Å². The summed E-state index contributed by atoms with van der Waals surface area (Å²) in [5.41, 5.74) is -0.0463. The van der Waals surface area contributed by atoms with Crippen LogP contribution >= 0.6 is 0 Å². The maximum Gasteiger partial charge on any atom is 0.420 e. The maximum atomic E-state index is 13.5. The first-order valence-electron chi connectivity index (χ1n) is 8.69. The number of hydrogen-bond acceptors (Lipinski definition) is 4. The number of hydrogen-bond donors (Lipinski definition) is 0. The second-order valence-corrected chi connectivity index (χ2v) is 7.28. The number of alkyl halides is 3. The van der Waals surface area contributed by atoms with Gasteiger partial charge in [0.1, 0.15) is 17.8 Å². The minimum atomic E-state index is -4.47. The Balaban J connectivity index is 1.71. The number of ether oxygens (including phenoxy) is 1. The van der Waals surface area contributed by atoms with Crippen molar-refractivity contribution in [3.8, 4) is 0 Å². The van der Waals surface area contributed by atoms with Crippen LogP contribution in [0.5, 0.6) is 0 Å². The predicted octanol–water partition coefficient (Wildman–Crippen LogP) is 4.68. The maximum absolute atomic E-state index is 13.5. The Morgan fingerprint density at radius 1 is 1.28 bits per heavy atom. The largest absolute Gasteiger partial charge is 0.440 e. The number of aromatic nitrogens is 1. The first-order chi connectivity index (χ1) is 11.8. The van der Waals surface area contributed by atoms with Gasteiger partial charge in [0.25, 0.3) is 0 Å². The van der Waals surface area contributed by atoms with E-state index in [9.17, 15) is 13.2 Å². The summed E-state index contributed by atoms with van der Waals surface area (Å²) in [6.45, 7) is 4.61. The van der Waals surface area contributed by atoms with E-state index in [2.05, 4.69) is 9.88 Å². The monoisotopic (exact) mass is 354 g/mol. The molecule has 2 heterocycles. The molecule has 1 aromatic heterocycles. The summed E-state index contributed by atoms with van der Waals surface area (Å²) in [4.78, 5) is 6.40. The van der Waals surface area contributed by atoms with E-state index in [-0.39, 0.29) is 23.1 Å². The third-order valence-electron chi connectivity index (χ3n) is 5.09. The summed E-state index contributed by atoms with van der Waals surface area (Å²) in [6, 6.07) is 3.22. The first-order valence-corrected chi connectivity index (χ1v) is 8.69. The molecule has 0 radical (unpaired) electrons. The number of rotatable bonds is 3. The molecule has 2 aliphatic rings. The standard InChI is InChI=1S/C18H21F3N2O2/c1-10(2)17-22-13-7-11(6-12(16(13)25-17)18(19,20)21)8-23-9-24-15-5-3-4-14(15)23/h6-7,10,14-15H,3-5,8-9H2,1-2H3/t14?,15-/m1/s1. The fourth-order valence-corrected chi connectivity index (χ4v) is 3.86. The first kappa shape index (κ1) is 16.8. The third kappa shape index (κ3) is 3.04. The van der Waals surface area contributed by atoms with Crippen LogP contribution in [0, 0.1) is 0 Å². The summed E-state index contributed by atoms with van der Waals surface area (Å²) in [5.74, 6) is 0.265. The van der Waals surface area contributed by atoms with Crippen molar-refractivity contribution in [3.05, 3.63) is 29.2 Å². The van der Waals surface area contributed by atoms with Crippen LogP contribution in [-0.2, 0) is 17.5 Å².